The summed E-state index contributed by atoms with van der Waals surface area (Å²) in [6, 6.07) is 1.21. The fraction of sp³-hybridized carbons (Fsp3) is 0.929. The molecule has 1 amide bonds. The first kappa shape index (κ1) is 13.8. The maximum atomic E-state index is 11.6. The normalized spacial score (nSPS) is 28.1. The number of hydrogen-bond donors (Lipinski definition) is 2. The topological polar surface area (TPSA) is 44.4 Å². The molecule has 0 spiro atoms. The molecule has 2 saturated heterocycles. The van der Waals surface area contributed by atoms with Gasteiger partial charge in [0.2, 0.25) is 5.91 Å². The quantitative estimate of drug-likeness (QED) is 0.697. The van der Waals surface area contributed by atoms with Crippen LogP contribution in [-0.4, -0.2) is 49.1 Å². The Balaban J connectivity index is 1.65. The Labute approximate surface area is 110 Å². The number of fused-ring (bicyclic) bond motifs is 1. The fourth-order valence-corrected chi connectivity index (χ4v) is 3.18. The van der Waals surface area contributed by atoms with Crippen LogP contribution in [-0.2, 0) is 4.79 Å². The van der Waals surface area contributed by atoms with Gasteiger partial charge in [0.25, 0.3) is 0 Å². The highest BCUT2D eigenvalue weighted by Gasteiger charge is 2.35. The predicted molar refractivity (Wildman–Crippen MR) is 73.5 cm³/mol. The van der Waals surface area contributed by atoms with Crippen molar-refractivity contribution in [1.82, 2.24) is 15.5 Å². The van der Waals surface area contributed by atoms with Crippen LogP contribution < -0.4 is 10.6 Å². The Hall–Kier alpha value is -0.610. The summed E-state index contributed by atoms with van der Waals surface area (Å²) in [5.41, 5.74) is 0. The van der Waals surface area contributed by atoms with Gasteiger partial charge in [-0.05, 0) is 32.2 Å². The second-order valence-electron chi connectivity index (χ2n) is 5.58. The molecule has 2 rings (SSSR count). The van der Waals surface area contributed by atoms with Crippen molar-refractivity contribution in [3.8, 4) is 0 Å². The standard InChI is InChI=1S/C14H27N3O/c1-2-3-8-15-14(18)11-16-12-7-10-17-9-5-4-6-13(12)17/h12-13,16H,2-11H2,1H3,(H,15,18). The van der Waals surface area contributed by atoms with Crippen LogP contribution in [0, 0.1) is 0 Å². The molecule has 104 valence electrons. The van der Waals surface area contributed by atoms with E-state index < -0.39 is 0 Å². The van der Waals surface area contributed by atoms with Crippen molar-refractivity contribution in [3.05, 3.63) is 0 Å². The van der Waals surface area contributed by atoms with Gasteiger partial charge in [-0.2, -0.15) is 0 Å². The number of hydrogen-bond acceptors (Lipinski definition) is 3. The minimum atomic E-state index is 0.151. The Morgan fingerprint density at radius 2 is 2.17 bits per heavy atom. The molecule has 0 aliphatic carbocycles. The minimum absolute atomic E-state index is 0.151. The number of carbonyl (C=O) groups excluding carboxylic acids is 1. The summed E-state index contributed by atoms with van der Waals surface area (Å²) < 4.78 is 0. The Bertz CT molecular complexity index is 270. The highest BCUT2D eigenvalue weighted by Crippen LogP contribution is 2.26. The van der Waals surface area contributed by atoms with Gasteiger partial charge >= 0.3 is 0 Å². The zero-order valence-electron chi connectivity index (χ0n) is 11.6. The first-order chi connectivity index (χ1) is 8.81. The molecule has 0 aromatic rings. The molecule has 4 nitrogen and oxygen atoms in total. The molecule has 4 heteroatoms. The van der Waals surface area contributed by atoms with Crippen LogP contribution in [0.25, 0.3) is 0 Å². The van der Waals surface area contributed by atoms with E-state index in [9.17, 15) is 4.79 Å². The number of carbonyl (C=O) groups is 1. The summed E-state index contributed by atoms with van der Waals surface area (Å²) >= 11 is 0. The molecule has 2 aliphatic rings. The number of piperidine rings is 1. The van der Waals surface area contributed by atoms with Crippen LogP contribution >= 0.6 is 0 Å². The molecule has 2 unspecified atom stereocenters. The van der Waals surface area contributed by atoms with Crippen molar-refractivity contribution in [2.45, 2.75) is 57.5 Å². The molecule has 2 aliphatic heterocycles. The van der Waals surface area contributed by atoms with Gasteiger partial charge in [-0.3, -0.25) is 9.69 Å². The summed E-state index contributed by atoms with van der Waals surface area (Å²) in [5.74, 6) is 0.151. The Kier molecular flexibility index (Phi) is 5.45. The third-order valence-electron chi connectivity index (χ3n) is 4.23. The van der Waals surface area contributed by atoms with Gasteiger partial charge in [0.05, 0.1) is 6.54 Å². The lowest BCUT2D eigenvalue weighted by Crippen LogP contribution is -2.47. The molecule has 0 aromatic heterocycles. The molecule has 2 heterocycles. The van der Waals surface area contributed by atoms with Gasteiger partial charge in [0, 0.05) is 25.2 Å². The molecule has 0 bridgehead atoms. The van der Waals surface area contributed by atoms with Crippen LogP contribution in [0.15, 0.2) is 0 Å². The molecule has 2 N–H and O–H groups in total. The van der Waals surface area contributed by atoms with Crippen LogP contribution in [0.1, 0.15) is 45.4 Å². The van der Waals surface area contributed by atoms with E-state index in [1.54, 1.807) is 0 Å². The van der Waals surface area contributed by atoms with Crippen molar-refractivity contribution in [2.24, 2.45) is 0 Å². The van der Waals surface area contributed by atoms with E-state index in [1.165, 1.54) is 38.8 Å². The zero-order chi connectivity index (χ0) is 12.8. The summed E-state index contributed by atoms with van der Waals surface area (Å²) in [5, 5.41) is 6.42. The molecule has 2 atom stereocenters. The van der Waals surface area contributed by atoms with Crippen molar-refractivity contribution in [1.29, 1.82) is 0 Å². The van der Waals surface area contributed by atoms with Crippen LogP contribution in [0.2, 0.25) is 0 Å². The van der Waals surface area contributed by atoms with E-state index in [1.807, 2.05) is 0 Å². The smallest absolute Gasteiger partial charge is 0.233 e. The lowest BCUT2D eigenvalue weighted by atomic mass is 9.99. The van der Waals surface area contributed by atoms with E-state index in [-0.39, 0.29) is 5.91 Å². The van der Waals surface area contributed by atoms with Gasteiger partial charge in [-0.15, -0.1) is 0 Å². The largest absolute Gasteiger partial charge is 0.355 e. The number of amides is 1. The molecule has 2 fully saturated rings. The summed E-state index contributed by atoms with van der Waals surface area (Å²) in [6.45, 7) is 5.90. The molecule has 0 radical (unpaired) electrons. The monoisotopic (exact) mass is 253 g/mol. The van der Waals surface area contributed by atoms with E-state index in [0.717, 1.165) is 19.4 Å². The maximum absolute atomic E-state index is 11.6. The SMILES string of the molecule is CCCCNC(=O)CNC1CCN2CCCCC12. The van der Waals surface area contributed by atoms with Crippen molar-refractivity contribution >= 4 is 5.91 Å². The van der Waals surface area contributed by atoms with Crippen LogP contribution in [0.3, 0.4) is 0 Å². The number of nitrogens with zero attached hydrogens (tertiary/aromatic N) is 1. The van der Waals surface area contributed by atoms with Crippen LogP contribution in [0.4, 0.5) is 0 Å². The summed E-state index contributed by atoms with van der Waals surface area (Å²) in [7, 11) is 0. The number of nitrogens with one attached hydrogen (secondary N) is 2. The second-order valence-corrected chi connectivity index (χ2v) is 5.58. The van der Waals surface area contributed by atoms with Gasteiger partial charge < -0.3 is 10.6 Å². The average Bonchev–Trinajstić information content (AvgIpc) is 2.80. The van der Waals surface area contributed by atoms with E-state index >= 15 is 0 Å². The first-order valence-corrected chi connectivity index (χ1v) is 7.55. The first-order valence-electron chi connectivity index (χ1n) is 7.55. The molecule has 18 heavy (non-hydrogen) atoms. The summed E-state index contributed by atoms with van der Waals surface area (Å²) in [6.07, 6.45) is 7.41. The van der Waals surface area contributed by atoms with E-state index in [2.05, 4.69) is 22.5 Å². The van der Waals surface area contributed by atoms with Crippen molar-refractivity contribution < 1.29 is 4.79 Å². The fourth-order valence-electron chi connectivity index (χ4n) is 3.18. The predicted octanol–water partition coefficient (Wildman–Crippen LogP) is 1.12. The molecule has 0 saturated carbocycles. The van der Waals surface area contributed by atoms with Gasteiger partial charge in [0.15, 0.2) is 0 Å². The summed E-state index contributed by atoms with van der Waals surface area (Å²) in [4.78, 5) is 14.2. The molecule has 0 aromatic carbocycles. The van der Waals surface area contributed by atoms with Gasteiger partial charge in [-0.25, -0.2) is 0 Å². The van der Waals surface area contributed by atoms with Gasteiger partial charge in [0.1, 0.15) is 0 Å². The van der Waals surface area contributed by atoms with E-state index in [0.29, 0.717) is 18.6 Å². The highest BCUT2D eigenvalue weighted by molar-refractivity contribution is 5.77. The number of unbranched alkanes of at least 4 members (excludes halogenated alkanes) is 1. The Morgan fingerprint density at radius 1 is 1.28 bits per heavy atom. The number of rotatable bonds is 6. The van der Waals surface area contributed by atoms with Crippen LogP contribution in [0.5, 0.6) is 0 Å². The van der Waals surface area contributed by atoms with Gasteiger partial charge in [-0.1, -0.05) is 19.8 Å². The third kappa shape index (κ3) is 3.69. The van der Waals surface area contributed by atoms with E-state index in [4.69, 9.17) is 0 Å². The Morgan fingerprint density at radius 3 is 3.00 bits per heavy atom. The second kappa shape index (κ2) is 7.10. The lowest BCUT2D eigenvalue weighted by molar-refractivity contribution is -0.120. The van der Waals surface area contributed by atoms with Crippen molar-refractivity contribution in [2.75, 3.05) is 26.2 Å². The third-order valence-corrected chi connectivity index (χ3v) is 4.23. The molecular formula is C14H27N3O. The lowest BCUT2D eigenvalue weighted by Gasteiger charge is -2.32. The average molecular weight is 253 g/mol. The maximum Gasteiger partial charge on any atom is 0.233 e. The molecular weight excluding hydrogens is 226 g/mol. The zero-order valence-corrected chi connectivity index (χ0v) is 11.6. The minimum Gasteiger partial charge on any atom is -0.355 e. The van der Waals surface area contributed by atoms with Crippen molar-refractivity contribution in [3.63, 3.8) is 0 Å². The highest BCUT2D eigenvalue weighted by atomic mass is 16.1.